The van der Waals surface area contributed by atoms with E-state index < -0.39 is 0 Å². The first kappa shape index (κ1) is 15.4. The molecule has 0 unspecified atom stereocenters. The molecule has 1 aliphatic carbocycles. The van der Waals surface area contributed by atoms with Crippen molar-refractivity contribution in [3.8, 4) is 5.88 Å². The third-order valence-corrected chi connectivity index (χ3v) is 4.58. The van der Waals surface area contributed by atoms with Crippen LogP contribution in [0.2, 0.25) is 0 Å². The van der Waals surface area contributed by atoms with Crippen LogP contribution in [-0.2, 0) is 19.3 Å². The molecule has 1 aliphatic rings. The molecule has 1 aromatic heterocycles. The Morgan fingerprint density at radius 1 is 1.08 bits per heavy atom. The number of hydrogen-bond acceptors (Lipinski definition) is 4. The molecule has 1 heterocycles. The summed E-state index contributed by atoms with van der Waals surface area (Å²) in [5.41, 5.74) is 4.46. The van der Waals surface area contributed by atoms with Gasteiger partial charge in [-0.2, -0.15) is 4.98 Å². The van der Waals surface area contributed by atoms with E-state index in [9.17, 15) is 9.90 Å². The lowest BCUT2D eigenvalue weighted by molar-refractivity contribution is 0.445. The average Bonchev–Trinajstić information content (AvgIpc) is 3.07. The molecule has 126 valence electrons. The van der Waals surface area contributed by atoms with Gasteiger partial charge >= 0.3 is 0 Å². The second-order valence-electron chi connectivity index (χ2n) is 6.34. The number of anilines is 2. The van der Waals surface area contributed by atoms with Gasteiger partial charge in [-0.25, -0.2) is 0 Å². The number of hydrogen-bond donors (Lipinski definition) is 3. The summed E-state index contributed by atoms with van der Waals surface area (Å²) in [6.45, 7) is 0. The van der Waals surface area contributed by atoms with Gasteiger partial charge < -0.3 is 10.4 Å². The fourth-order valence-electron chi connectivity index (χ4n) is 3.29. The minimum absolute atomic E-state index is 0.240. The van der Waals surface area contributed by atoms with E-state index in [4.69, 9.17) is 0 Å². The molecule has 0 spiro atoms. The quantitative estimate of drug-likeness (QED) is 0.684. The van der Waals surface area contributed by atoms with Gasteiger partial charge in [0.15, 0.2) is 0 Å². The molecule has 2 aromatic carbocycles. The first-order valence-electron chi connectivity index (χ1n) is 8.44. The lowest BCUT2D eigenvalue weighted by atomic mass is 10.1. The lowest BCUT2D eigenvalue weighted by Crippen LogP contribution is -2.16. The summed E-state index contributed by atoms with van der Waals surface area (Å²) in [6.07, 6.45) is 3.73. The molecule has 0 atom stereocenters. The highest BCUT2D eigenvalue weighted by Gasteiger charge is 2.13. The van der Waals surface area contributed by atoms with E-state index in [2.05, 4.69) is 27.4 Å². The van der Waals surface area contributed by atoms with Crippen LogP contribution in [0.25, 0.3) is 0 Å². The van der Waals surface area contributed by atoms with Crippen LogP contribution in [-0.4, -0.2) is 15.1 Å². The van der Waals surface area contributed by atoms with Gasteiger partial charge in [-0.3, -0.25) is 9.78 Å². The summed E-state index contributed by atoms with van der Waals surface area (Å²) in [6, 6.07) is 15.7. The number of aromatic nitrogens is 2. The van der Waals surface area contributed by atoms with Gasteiger partial charge in [-0.1, -0.05) is 36.4 Å². The van der Waals surface area contributed by atoms with Crippen molar-refractivity contribution in [1.29, 1.82) is 0 Å². The van der Waals surface area contributed by atoms with E-state index in [-0.39, 0.29) is 23.0 Å². The topological polar surface area (TPSA) is 78.0 Å². The summed E-state index contributed by atoms with van der Waals surface area (Å²) in [5, 5.41) is 13.3. The van der Waals surface area contributed by atoms with Crippen molar-refractivity contribution in [2.24, 2.45) is 0 Å². The van der Waals surface area contributed by atoms with Crippen LogP contribution in [0.4, 0.5) is 11.6 Å². The summed E-state index contributed by atoms with van der Waals surface area (Å²) in [4.78, 5) is 19.2. The number of benzene rings is 2. The molecule has 0 aliphatic heterocycles. The summed E-state index contributed by atoms with van der Waals surface area (Å²) in [7, 11) is 0. The van der Waals surface area contributed by atoms with E-state index in [0.29, 0.717) is 6.42 Å². The second-order valence-corrected chi connectivity index (χ2v) is 6.34. The Balaban J connectivity index is 1.58. The molecule has 5 nitrogen and oxygen atoms in total. The smallest absolute Gasteiger partial charge is 0.259 e. The van der Waals surface area contributed by atoms with Crippen molar-refractivity contribution in [2.45, 2.75) is 25.7 Å². The molecule has 4 rings (SSSR count). The van der Waals surface area contributed by atoms with Crippen molar-refractivity contribution >= 4 is 11.6 Å². The van der Waals surface area contributed by atoms with Crippen molar-refractivity contribution in [2.75, 3.05) is 5.32 Å². The minimum Gasteiger partial charge on any atom is -0.493 e. The fourth-order valence-corrected chi connectivity index (χ4v) is 3.29. The van der Waals surface area contributed by atoms with Gasteiger partial charge in [-0.05, 0) is 48.1 Å². The van der Waals surface area contributed by atoms with Crippen molar-refractivity contribution in [3.63, 3.8) is 0 Å². The van der Waals surface area contributed by atoms with E-state index in [0.717, 1.165) is 24.1 Å². The predicted molar refractivity (Wildman–Crippen MR) is 97.5 cm³/mol. The summed E-state index contributed by atoms with van der Waals surface area (Å²) >= 11 is 0. The molecular weight excluding hydrogens is 314 g/mol. The van der Waals surface area contributed by atoms with E-state index in [1.165, 1.54) is 17.5 Å². The third kappa shape index (κ3) is 3.26. The Labute approximate surface area is 145 Å². The monoisotopic (exact) mass is 333 g/mol. The van der Waals surface area contributed by atoms with E-state index in [1.807, 2.05) is 36.4 Å². The number of aromatic hydroxyl groups is 1. The van der Waals surface area contributed by atoms with Crippen LogP contribution < -0.4 is 10.9 Å². The molecule has 3 aromatic rings. The second kappa shape index (κ2) is 6.43. The molecule has 0 bridgehead atoms. The average molecular weight is 333 g/mol. The highest BCUT2D eigenvalue weighted by molar-refractivity contribution is 5.57. The number of rotatable bonds is 4. The lowest BCUT2D eigenvalue weighted by Gasteiger charge is -2.09. The Bertz CT molecular complexity index is 964. The Hall–Kier alpha value is -3.08. The molecule has 3 N–H and O–H groups in total. The largest absolute Gasteiger partial charge is 0.493 e. The molecule has 0 saturated heterocycles. The first-order valence-corrected chi connectivity index (χ1v) is 8.44. The van der Waals surface area contributed by atoms with Crippen LogP contribution in [0.1, 0.15) is 28.7 Å². The summed E-state index contributed by atoms with van der Waals surface area (Å²) < 4.78 is 0. The maximum Gasteiger partial charge on any atom is 0.259 e. The van der Waals surface area contributed by atoms with E-state index >= 15 is 0 Å². The molecule has 0 fully saturated rings. The van der Waals surface area contributed by atoms with Crippen LogP contribution in [0.15, 0.2) is 53.3 Å². The number of nitrogens with zero attached hydrogens (tertiary/aromatic N) is 1. The molecule has 0 saturated carbocycles. The number of aryl methyl sites for hydroxylation is 2. The molecular formula is C20H19N3O2. The number of aromatic amines is 1. The van der Waals surface area contributed by atoms with Crippen LogP contribution >= 0.6 is 0 Å². The van der Waals surface area contributed by atoms with Crippen LogP contribution in [0, 0.1) is 0 Å². The van der Waals surface area contributed by atoms with Crippen molar-refractivity contribution in [1.82, 2.24) is 9.97 Å². The summed E-state index contributed by atoms with van der Waals surface area (Å²) in [5.74, 6) is 0.00789. The number of H-pyrrole nitrogens is 1. The Morgan fingerprint density at radius 3 is 2.68 bits per heavy atom. The maximum absolute atomic E-state index is 12.3. The molecule has 25 heavy (non-hydrogen) atoms. The Morgan fingerprint density at radius 2 is 1.88 bits per heavy atom. The highest BCUT2D eigenvalue weighted by Crippen LogP contribution is 2.26. The zero-order valence-electron chi connectivity index (χ0n) is 13.7. The van der Waals surface area contributed by atoms with Crippen molar-refractivity contribution < 1.29 is 5.11 Å². The van der Waals surface area contributed by atoms with Gasteiger partial charge in [0.25, 0.3) is 5.56 Å². The zero-order chi connectivity index (χ0) is 17.2. The normalized spacial score (nSPS) is 12.8. The van der Waals surface area contributed by atoms with Gasteiger partial charge in [0.05, 0.1) is 5.56 Å². The van der Waals surface area contributed by atoms with Crippen LogP contribution in [0.5, 0.6) is 5.88 Å². The molecule has 5 heteroatoms. The fraction of sp³-hybridized carbons (Fsp3) is 0.200. The van der Waals surface area contributed by atoms with Gasteiger partial charge in [0.2, 0.25) is 11.8 Å². The minimum atomic E-state index is -0.333. The van der Waals surface area contributed by atoms with Gasteiger partial charge in [0, 0.05) is 12.1 Å². The number of nitrogens with one attached hydrogen (secondary N) is 2. The Kier molecular flexibility index (Phi) is 3.98. The SMILES string of the molecule is O=c1[nH]c(Nc2ccc3c(c2)CCC3)nc(O)c1Cc1ccccc1. The third-order valence-electron chi connectivity index (χ3n) is 4.58. The molecule has 0 amide bonds. The highest BCUT2D eigenvalue weighted by atomic mass is 16.3. The predicted octanol–water partition coefficient (Wildman–Crippen LogP) is 3.30. The van der Waals surface area contributed by atoms with Gasteiger partial charge in [-0.15, -0.1) is 0 Å². The zero-order valence-corrected chi connectivity index (χ0v) is 13.7. The maximum atomic E-state index is 12.3. The molecule has 0 radical (unpaired) electrons. The van der Waals surface area contributed by atoms with E-state index in [1.54, 1.807) is 0 Å². The van der Waals surface area contributed by atoms with Gasteiger partial charge in [0.1, 0.15) is 0 Å². The standard InChI is InChI=1S/C20H19N3O2/c24-18-17(11-13-5-2-1-3-6-13)19(25)23-20(22-18)21-16-10-9-14-7-4-8-15(14)12-16/h1-3,5-6,9-10,12H,4,7-8,11H2,(H3,21,22,23,24,25). The first-order chi connectivity index (χ1) is 12.2. The number of fused-ring (bicyclic) bond motifs is 1. The van der Waals surface area contributed by atoms with Crippen molar-refractivity contribution in [3.05, 3.63) is 81.1 Å². The van der Waals surface area contributed by atoms with Crippen LogP contribution in [0.3, 0.4) is 0 Å².